The molecule has 128 valence electrons. The van der Waals surface area contributed by atoms with Crippen LogP contribution in [0, 0.1) is 11.3 Å². The van der Waals surface area contributed by atoms with Crippen LogP contribution >= 0.6 is 0 Å². The predicted octanol–water partition coefficient (Wildman–Crippen LogP) is 1.44. The summed E-state index contributed by atoms with van der Waals surface area (Å²) in [6, 6.07) is 3.08. The zero-order valence-electron chi connectivity index (χ0n) is 12.2. The Hall–Kier alpha value is -2.80. The molecule has 2 rings (SSSR count). The summed E-state index contributed by atoms with van der Waals surface area (Å²) in [6.07, 6.45) is -4.72. The number of nitriles is 1. The van der Waals surface area contributed by atoms with E-state index in [-0.39, 0.29) is 37.6 Å². The molecule has 1 aromatic carbocycles. The first-order chi connectivity index (χ1) is 11.2. The number of aliphatic carboxylic acids is 1. The van der Waals surface area contributed by atoms with Crippen molar-refractivity contribution >= 4 is 23.3 Å². The van der Waals surface area contributed by atoms with Gasteiger partial charge in [-0.25, -0.2) is 4.79 Å². The lowest BCUT2D eigenvalue weighted by molar-refractivity contribution is -0.147. The van der Waals surface area contributed by atoms with Gasteiger partial charge in [0.2, 0.25) is 0 Å². The van der Waals surface area contributed by atoms with E-state index in [1.807, 2.05) is 5.32 Å². The fourth-order valence-electron chi connectivity index (χ4n) is 2.24. The van der Waals surface area contributed by atoms with E-state index in [2.05, 4.69) is 0 Å². The van der Waals surface area contributed by atoms with Crippen LogP contribution in [0.5, 0.6) is 0 Å². The number of anilines is 2. The normalized spacial score (nSPS) is 14.8. The molecule has 0 atom stereocenters. The van der Waals surface area contributed by atoms with Crippen molar-refractivity contribution in [3.63, 3.8) is 0 Å². The lowest BCUT2D eigenvalue weighted by Gasteiger charge is -2.30. The van der Waals surface area contributed by atoms with Crippen molar-refractivity contribution in [1.82, 2.24) is 0 Å². The lowest BCUT2D eigenvalue weighted by atomic mass is 10.0. The van der Waals surface area contributed by atoms with Crippen LogP contribution in [0.1, 0.15) is 11.1 Å². The fraction of sp³-hybridized carbons (Fsp3) is 0.357. The van der Waals surface area contributed by atoms with Crippen molar-refractivity contribution in [2.45, 2.75) is 6.18 Å². The number of ether oxygens (including phenoxy) is 1. The Morgan fingerprint density at radius 1 is 1.29 bits per heavy atom. The van der Waals surface area contributed by atoms with Crippen LogP contribution in [0.2, 0.25) is 0 Å². The van der Waals surface area contributed by atoms with Crippen molar-refractivity contribution in [2.24, 2.45) is 0 Å². The van der Waals surface area contributed by atoms with Gasteiger partial charge in [0.15, 0.2) is 0 Å². The summed E-state index contributed by atoms with van der Waals surface area (Å²) >= 11 is 0. The molecule has 1 saturated heterocycles. The van der Waals surface area contributed by atoms with E-state index in [0.29, 0.717) is 6.07 Å². The van der Waals surface area contributed by atoms with Crippen molar-refractivity contribution in [1.29, 1.82) is 5.26 Å². The van der Waals surface area contributed by atoms with Crippen LogP contribution in [0.15, 0.2) is 12.1 Å². The molecule has 1 aromatic rings. The second kappa shape index (κ2) is 6.76. The number of amides is 1. The number of nitrogens with zero attached hydrogens (tertiary/aromatic N) is 2. The van der Waals surface area contributed by atoms with Crippen LogP contribution in [0.25, 0.3) is 0 Å². The van der Waals surface area contributed by atoms with E-state index in [1.54, 1.807) is 6.07 Å². The third-order valence-corrected chi connectivity index (χ3v) is 3.35. The second-order valence-electron chi connectivity index (χ2n) is 4.89. The maximum absolute atomic E-state index is 13.1. The number of carbonyl (C=O) groups is 2. The zero-order valence-corrected chi connectivity index (χ0v) is 12.2. The summed E-state index contributed by atoms with van der Waals surface area (Å²) in [6.45, 7) is 1.08. The zero-order chi connectivity index (χ0) is 17.9. The molecule has 0 aromatic heterocycles. The van der Waals surface area contributed by atoms with E-state index in [0.717, 1.165) is 6.07 Å². The van der Waals surface area contributed by atoms with Gasteiger partial charge in [-0.3, -0.25) is 4.79 Å². The number of carboxylic acids is 1. The van der Waals surface area contributed by atoms with Crippen molar-refractivity contribution < 1.29 is 32.6 Å². The van der Waals surface area contributed by atoms with E-state index < -0.39 is 29.3 Å². The highest BCUT2D eigenvalue weighted by molar-refractivity contribution is 6.36. The highest BCUT2D eigenvalue weighted by atomic mass is 19.4. The first-order valence-electron chi connectivity index (χ1n) is 6.76. The monoisotopic (exact) mass is 343 g/mol. The number of carbonyl (C=O) groups excluding carboxylic acids is 1. The minimum absolute atomic E-state index is 0.0312. The SMILES string of the molecule is N#Cc1c(NC(=O)C(=O)O)cc(C(F)(F)F)cc1N1CCOCC1. The molecule has 1 aliphatic heterocycles. The van der Waals surface area contributed by atoms with Gasteiger partial charge < -0.3 is 20.1 Å². The first kappa shape index (κ1) is 17.6. The molecular weight excluding hydrogens is 331 g/mol. The molecule has 0 aliphatic carbocycles. The minimum atomic E-state index is -4.72. The van der Waals surface area contributed by atoms with Gasteiger partial charge in [-0.1, -0.05) is 0 Å². The van der Waals surface area contributed by atoms with E-state index in [9.17, 15) is 28.0 Å². The van der Waals surface area contributed by atoms with Gasteiger partial charge in [-0.15, -0.1) is 0 Å². The van der Waals surface area contributed by atoms with Crippen LogP contribution in [-0.2, 0) is 20.5 Å². The van der Waals surface area contributed by atoms with Crippen LogP contribution in [-0.4, -0.2) is 43.3 Å². The number of alkyl halides is 3. The Bertz CT molecular complexity index is 706. The number of halogens is 3. The standard InChI is InChI=1S/C14H12F3N3O4/c15-14(16,17)8-5-10(19-12(21)13(22)23)9(7-18)11(6-8)20-1-3-24-4-2-20/h5-6H,1-4H2,(H,19,21)(H,22,23). The maximum atomic E-state index is 13.1. The van der Waals surface area contributed by atoms with Gasteiger partial charge in [0.05, 0.1) is 35.7 Å². The van der Waals surface area contributed by atoms with Crippen LogP contribution < -0.4 is 10.2 Å². The van der Waals surface area contributed by atoms with Gasteiger partial charge >= 0.3 is 18.1 Å². The molecule has 0 radical (unpaired) electrons. The van der Waals surface area contributed by atoms with E-state index in [4.69, 9.17) is 9.84 Å². The van der Waals surface area contributed by atoms with Gasteiger partial charge in [0.1, 0.15) is 6.07 Å². The molecule has 10 heteroatoms. The van der Waals surface area contributed by atoms with Gasteiger partial charge in [0, 0.05) is 13.1 Å². The number of nitrogens with one attached hydrogen (secondary N) is 1. The topological polar surface area (TPSA) is 103 Å². The predicted molar refractivity (Wildman–Crippen MR) is 75.5 cm³/mol. The molecule has 0 unspecified atom stereocenters. The lowest BCUT2D eigenvalue weighted by Crippen LogP contribution is -2.37. The molecule has 7 nitrogen and oxygen atoms in total. The average Bonchev–Trinajstić information content (AvgIpc) is 2.53. The number of benzene rings is 1. The van der Waals surface area contributed by atoms with E-state index >= 15 is 0 Å². The summed E-state index contributed by atoms with van der Waals surface area (Å²) in [4.78, 5) is 23.4. The summed E-state index contributed by atoms with van der Waals surface area (Å²) < 4.78 is 44.4. The molecule has 0 saturated carbocycles. The van der Waals surface area contributed by atoms with Crippen LogP contribution in [0.3, 0.4) is 0 Å². The quantitative estimate of drug-likeness (QED) is 0.788. The summed E-state index contributed by atoms with van der Waals surface area (Å²) in [5.74, 6) is -3.40. The second-order valence-corrected chi connectivity index (χ2v) is 4.89. The molecular formula is C14H12F3N3O4. The Kier molecular flexibility index (Phi) is 4.94. The Morgan fingerprint density at radius 3 is 2.42 bits per heavy atom. The molecule has 1 aliphatic rings. The number of rotatable bonds is 2. The fourth-order valence-corrected chi connectivity index (χ4v) is 2.24. The van der Waals surface area contributed by atoms with Gasteiger partial charge in [0.25, 0.3) is 0 Å². The largest absolute Gasteiger partial charge is 0.474 e. The van der Waals surface area contributed by atoms with Crippen molar-refractivity contribution in [2.75, 3.05) is 36.5 Å². The summed E-state index contributed by atoms with van der Waals surface area (Å²) in [5.41, 5.74) is -1.86. The summed E-state index contributed by atoms with van der Waals surface area (Å²) in [5, 5.41) is 19.7. The van der Waals surface area contributed by atoms with Crippen molar-refractivity contribution in [3.05, 3.63) is 23.3 Å². The Morgan fingerprint density at radius 2 is 1.92 bits per heavy atom. The number of carboxylic acid groups (broad SMARTS) is 1. The third kappa shape index (κ3) is 3.75. The smallest absolute Gasteiger partial charge is 0.416 e. The average molecular weight is 343 g/mol. The van der Waals surface area contributed by atoms with Crippen molar-refractivity contribution in [3.8, 4) is 6.07 Å². The first-order valence-corrected chi connectivity index (χ1v) is 6.76. The van der Waals surface area contributed by atoms with Gasteiger partial charge in [-0.2, -0.15) is 18.4 Å². The molecule has 24 heavy (non-hydrogen) atoms. The molecule has 1 amide bonds. The third-order valence-electron chi connectivity index (χ3n) is 3.35. The van der Waals surface area contributed by atoms with E-state index in [1.165, 1.54) is 4.90 Å². The summed E-state index contributed by atoms with van der Waals surface area (Å²) in [7, 11) is 0. The highest BCUT2D eigenvalue weighted by Crippen LogP contribution is 2.37. The molecule has 0 spiro atoms. The number of hydrogen-bond donors (Lipinski definition) is 2. The van der Waals surface area contributed by atoms with Crippen LogP contribution in [0.4, 0.5) is 24.5 Å². The van der Waals surface area contributed by atoms with Gasteiger partial charge in [-0.05, 0) is 12.1 Å². The number of morpholine rings is 1. The molecule has 1 heterocycles. The number of hydrogen-bond acceptors (Lipinski definition) is 5. The molecule has 2 N–H and O–H groups in total. The maximum Gasteiger partial charge on any atom is 0.416 e. The highest BCUT2D eigenvalue weighted by Gasteiger charge is 2.34. The minimum Gasteiger partial charge on any atom is -0.474 e. The molecule has 1 fully saturated rings. The Labute approximate surface area is 134 Å². The molecule has 0 bridgehead atoms. The Balaban J connectivity index is 2.57.